The smallest absolute Gasteiger partial charge is 0.160 e. The van der Waals surface area contributed by atoms with Gasteiger partial charge in [-0.2, -0.15) is 0 Å². The standard InChI is InChI=1S/C34H34N2O7/c1-41-27-16-19(5-8-26(27)39)34-33(40)25-4-2-3-22(36-10-9-35-18-36)14-21-13-20-15-23(38)6-7-24(20)31-28(42-12-11-37)17-29(43-34)32(25)30(21)31/h5-10,15-17,21-22,25,33-35,37-40H,3,11-14,18H2,1H3. The predicted molar refractivity (Wildman–Crippen MR) is 159 cm³/mol. The lowest BCUT2D eigenvalue weighted by Crippen LogP contribution is -2.36. The van der Waals surface area contributed by atoms with E-state index in [4.69, 9.17) is 14.2 Å². The normalized spacial score (nSPS) is 24.6. The van der Waals surface area contributed by atoms with Crippen LogP contribution >= 0.6 is 0 Å². The number of rotatable bonds is 6. The lowest BCUT2D eigenvalue weighted by atomic mass is 9.70. The minimum Gasteiger partial charge on any atom is -0.508 e. The van der Waals surface area contributed by atoms with Crippen molar-refractivity contribution in [2.75, 3.05) is 27.0 Å². The molecule has 2 aliphatic heterocycles. The molecular weight excluding hydrogens is 548 g/mol. The van der Waals surface area contributed by atoms with Gasteiger partial charge in [0.25, 0.3) is 0 Å². The minimum absolute atomic E-state index is 0.00280. The lowest BCUT2D eigenvalue weighted by Gasteiger charge is -2.40. The van der Waals surface area contributed by atoms with Gasteiger partial charge < -0.3 is 44.9 Å². The molecule has 4 aliphatic rings. The monoisotopic (exact) mass is 582 g/mol. The number of hydrogen-bond acceptors (Lipinski definition) is 9. The number of phenols is 2. The third kappa shape index (κ3) is 4.67. The zero-order valence-electron chi connectivity index (χ0n) is 23.8. The van der Waals surface area contributed by atoms with Gasteiger partial charge in [-0.3, -0.25) is 0 Å². The average Bonchev–Trinajstić information content (AvgIpc) is 3.56. The van der Waals surface area contributed by atoms with Crippen LogP contribution in [0.5, 0.6) is 28.7 Å². The quantitative estimate of drug-likeness (QED) is 0.276. The van der Waals surface area contributed by atoms with Gasteiger partial charge in [-0.05, 0) is 65.3 Å². The highest BCUT2D eigenvalue weighted by Crippen LogP contribution is 2.56. The fraction of sp³-hybridized carbons (Fsp3) is 0.353. The van der Waals surface area contributed by atoms with Crippen molar-refractivity contribution in [1.82, 2.24) is 10.2 Å². The van der Waals surface area contributed by atoms with Crippen molar-refractivity contribution in [3.63, 3.8) is 0 Å². The molecule has 0 amide bonds. The summed E-state index contributed by atoms with van der Waals surface area (Å²) >= 11 is 0. The van der Waals surface area contributed by atoms with E-state index in [1.54, 1.807) is 18.2 Å². The Hall–Kier alpha value is -4.52. The second-order valence-electron chi connectivity index (χ2n) is 11.4. The van der Waals surface area contributed by atoms with Gasteiger partial charge in [0.2, 0.25) is 0 Å². The molecule has 0 saturated heterocycles. The molecule has 2 heterocycles. The van der Waals surface area contributed by atoms with E-state index in [2.05, 4.69) is 28.3 Å². The van der Waals surface area contributed by atoms with Gasteiger partial charge in [0.1, 0.15) is 30.0 Å². The number of nitrogens with zero attached hydrogens (tertiary/aromatic N) is 1. The molecule has 0 spiro atoms. The molecule has 0 bridgehead atoms. The molecule has 7 rings (SSSR count). The largest absolute Gasteiger partial charge is 0.508 e. The van der Waals surface area contributed by atoms with Gasteiger partial charge in [0.15, 0.2) is 17.6 Å². The van der Waals surface area contributed by atoms with Crippen molar-refractivity contribution >= 4 is 0 Å². The number of ether oxygens (including phenoxy) is 3. The Morgan fingerprint density at radius 2 is 1.98 bits per heavy atom. The summed E-state index contributed by atoms with van der Waals surface area (Å²) < 4.78 is 18.1. The maximum atomic E-state index is 12.0. The Morgan fingerprint density at radius 1 is 1.09 bits per heavy atom. The molecule has 2 aliphatic carbocycles. The Labute approximate surface area is 249 Å². The molecule has 5 atom stereocenters. The molecule has 3 aromatic rings. The van der Waals surface area contributed by atoms with Crippen molar-refractivity contribution in [1.29, 1.82) is 0 Å². The molecule has 9 nitrogen and oxygen atoms in total. The Bertz CT molecular complexity index is 1660. The van der Waals surface area contributed by atoms with E-state index in [1.807, 2.05) is 24.4 Å². The second kappa shape index (κ2) is 11.0. The van der Waals surface area contributed by atoms with Crippen LogP contribution in [0.2, 0.25) is 0 Å². The number of fused-ring (bicyclic) bond motifs is 2. The predicted octanol–water partition coefficient (Wildman–Crippen LogP) is 3.86. The third-order valence-electron chi connectivity index (χ3n) is 8.94. The molecule has 9 heteroatoms. The summed E-state index contributed by atoms with van der Waals surface area (Å²) in [4.78, 5) is 2.26. The Morgan fingerprint density at radius 3 is 2.77 bits per heavy atom. The van der Waals surface area contributed by atoms with Gasteiger partial charge in [-0.15, -0.1) is 5.92 Å². The van der Waals surface area contributed by atoms with E-state index < -0.39 is 18.1 Å². The molecule has 222 valence electrons. The van der Waals surface area contributed by atoms with Crippen LogP contribution in [0.3, 0.4) is 0 Å². The third-order valence-corrected chi connectivity index (χ3v) is 8.94. The summed E-state index contributed by atoms with van der Waals surface area (Å²) in [6.07, 6.45) is 4.31. The highest BCUT2D eigenvalue weighted by Gasteiger charge is 2.44. The first-order valence-electron chi connectivity index (χ1n) is 14.6. The molecule has 5 unspecified atom stereocenters. The molecule has 0 saturated carbocycles. The number of methoxy groups -OCH3 is 1. The van der Waals surface area contributed by atoms with Crippen molar-refractivity contribution < 1.29 is 34.6 Å². The van der Waals surface area contributed by atoms with E-state index in [1.165, 1.54) is 13.2 Å². The maximum Gasteiger partial charge on any atom is 0.160 e. The second-order valence-corrected chi connectivity index (χ2v) is 11.4. The van der Waals surface area contributed by atoms with E-state index in [9.17, 15) is 20.4 Å². The summed E-state index contributed by atoms with van der Waals surface area (Å²) in [6, 6.07) is 12.3. The topological polar surface area (TPSA) is 124 Å². The highest BCUT2D eigenvalue weighted by molar-refractivity contribution is 5.83. The number of aliphatic hydroxyl groups excluding tert-OH is 2. The van der Waals surface area contributed by atoms with E-state index >= 15 is 0 Å². The van der Waals surface area contributed by atoms with E-state index in [0.717, 1.165) is 34.2 Å². The molecule has 5 N–H and O–H groups in total. The van der Waals surface area contributed by atoms with Crippen LogP contribution in [0.1, 0.15) is 53.0 Å². The van der Waals surface area contributed by atoms with Gasteiger partial charge >= 0.3 is 0 Å². The number of aromatic hydroxyl groups is 2. The first-order valence-corrected chi connectivity index (χ1v) is 14.6. The molecule has 43 heavy (non-hydrogen) atoms. The SMILES string of the molecule is COc1cc(C2Oc3cc(OCCO)c4c5c3C(C#CCC(N3C=CNC3)CC5Cc3cc(O)ccc3-4)C2O)ccc1O. The molecule has 3 aromatic carbocycles. The first-order chi connectivity index (χ1) is 21.0. The van der Waals surface area contributed by atoms with Crippen LogP contribution in [-0.2, 0) is 6.42 Å². The summed E-state index contributed by atoms with van der Waals surface area (Å²) in [7, 11) is 1.48. The molecule has 0 radical (unpaired) electrons. The highest BCUT2D eigenvalue weighted by atomic mass is 16.5. The van der Waals surface area contributed by atoms with Crippen LogP contribution in [0.15, 0.2) is 54.9 Å². The van der Waals surface area contributed by atoms with E-state index in [0.29, 0.717) is 36.6 Å². The van der Waals surface area contributed by atoms with Gasteiger partial charge in [0.05, 0.1) is 26.3 Å². The fourth-order valence-electron chi connectivity index (χ4n) is 7.03. The zero-order valence-corrected chi connectivity index (χ0v) is 23.8. The summed E-state index contributed by atoms with van der Waals surface area (Å²) in [5.74, 6) is 7.95. The van der Waals surface area contributed by atoms with Crippen LogP contribution < -0.4 is 19.5 Å². The average molecular weight is 583 g/mol. The molecular formula is C34H34N2O7. The van der Waals surface area contributed by atoms with Crippen molar-refractivity contribution in [2.45, 2.75) is 49.3 Å². The van der Waals surface area contributed by atoms with Gasteiger partial charge in [0, 0.05) is 42.1 Å². The van der Waals surface area contributed by atoms with Crippen LogP contribution in [0.25, 0.3) is 11.1 Å². The number of hydrogen-bond donors (Lipinski definition) is 5. The van der Waals surface area contributed by atoms with Crippen LogP contribution in [0.4, 0.5) is 0 Å². The molecule has 0 fully saturated rings. The van der Waals surface area contributed by atoms with Crippen molar-refractivity contribution in [3.8, 4) is 51.7 Å². The van der Waals surface area contributed by atoms with Crippen molar-refractivity contribution in [3.05, 3.63) is 77.1 Å². The van der Waals surface area contributed by atoms with Crippen molar-refractivity contribution in [2.24, 2.45) is 0 Å². The van der Waals surface area contributed by atoms with Gasteiger partial charge in [-0.25, -0.2) is 0 Å². The number of benzene rings is 3. The summed E-state index contributed by atoms with van der Waals surface area (Å²) in [6.45, 7) is 0.638. The van der Waals surface area contributed by atoms with Crippen LogP contribution in [0, 0.1) is 11.8 Å². The molecule has 0 aromatic heterocycles. The minimum atomic E-state index is -1.01. The Kier molecular flexibility index (Phi) is 6.96. The lowest BCUT2D eigenvalue weighted by molar-refractivity contribution is 0.0112. The van der Waals surface area contributed by atoms with E-state index in [-0.39, 0.29) is 42.4 Å². The van der Waals surface area contributed by atoms with Gasteiger partial charge in [-0.1, -0.05) is 18.1 Å². The Balaban J connectivity index is 1.45. The number of aliphatic hydroxyl groups is 2. The first kappa shape index (κ1) is 27.3. The number of phenolic OH excluding ortho intramolecular Hbond substituents is 2. The number of nitrogens with one attached hydrogen (secondary N) is 1. The van der Waals surface area contributed by atoms with Crippen LogP contribution in [-0.4, -0.2) is 64.5 Å². The maximum absolute atomic E-state index is 12.0. The zero-order chi connectivity index (χ0) is 29.7. The fourth-order valence-corrected chi connectivity index (χ4v) is 7.03. The summed E-state index contributed by atoms with van der Waals surface area (Å²) in [5.41, 5.74) is 5.39. The summed E-state index contributed by atoms with van der Waals surface area (Å²) in [5, 5.41) is 45.5.